The van der Waals surface area contributed by atoms with Crippen LogP contribution in [-0.2, 0) is 6.42 Å². The quantitative estimate of drug-likeness (QED) is 0.893. The van der Waals surface area contributed by atoms with Crippen molar-refractivity contribution < 1.29 is 9.13 Å². The molecule has 2 aromatic rings. The van der Waals surface area contributed by atoms with Crippen molar-refractivity contribution in [3.8, 4) is 5.75 Å². The summed E-state index contributed by atoms with van der Waals surface area (Å²) in [7, 11) is 0. The molecule has 2 nitrogen and oxygen atoms in total. The number of hydrogen-bond donors (Lipinski definition) is 1. The number of fused-ring (bicyclic) bond motifs is 1. The summed E-state index contributed by atoms with van der Waals surface area (Å²) in [5.41, 5.74) is 3.55. The zero-order valence-electron chi connectivity index (χ0n) is 12.4. The second-order valence-corrected chi connectivity index (χ2v) is 5.66. The lowest BCUT2D eigenvalue weighted by atomic mass is 9.99. The summed E-state index contributed by atoms with van der Waals surface area (Å²) in [6, 6.07) is 13.1. The smallest absolute Gasteiger partial charge is 0.152 e. The van der Waals surface area contributed by atoms with Crippen molar-refractivity contribution in [1.82, 2.24) is 0 Å². The number of halogens is 1. The van der Waals surface area contributed by atoms with E-state index in [0.717, 1.165) is 30.0 Å². The molecule has 0 fully saturated rings. The zero-order valence-corrected chi connectivity index (χ0v) is 12.4. The molecule has 0 saturated heterocycles. The van der Waals surface area contributed by atoms with Gasteiger partial charge in [0.2, 0.25) is 0 Å². The van der Waals surface area contributed by atoms with Crippen LogP contribution in [0.15, 0.2) is 42.5 Å². The summed E-state index contributed by atoms with van der Waals surface area (Å²) >= 11 is 0. The number of anilines is 1. The summed E-state index contributed by atoms with van der Waals surface area (Å²) in [4.78, 5) is 0. The minimum atomic E-state index is -1.11. The van der Waals surface area contributed by atoms with Gasteiger partial charge in [-0.3, -0.25) is 0 Å². The summed E-state index contributed by atoms with van der Waals surface area (Å²) in [6.07, 6.45) is -0.0193. The van der Waals surface area contributed by atoms with Gasteiger partial charge in [0.1, 0.15) is 5.75 Å². The molecule has 0 aromatic heterocycles. The number of ether oxygens (including phenoxy) is 1. The third kappa shape index (κ3) is 2.87. The van der Waals surface area contributed by atoms with Crippen LogP contribution >= 0.6 is 0 Å². The minimum absolute atomic E-state index is 0.124. The molecule has 1 aliphatic heterocycles. The molecule has 110 valence electrons. The Morgan fingerprint density at radius 2 is 1.86 bits per heavy atom. The van der Waals surface area contributed by atoms with E-state index < -0.39 is 6.17 Å². The third-order valence-corrected chi connectivity index (χ3v) is 3.70. The van der Waals surface area contributed by atoms with Gasteiger partial charge in [0.25, 0.3) is 0 Å². The van der Waals surface area contributed by atoms with Gasteiger partial charge in [-0.25, -0.2) is 4.39 Å². The van der Waals surface area contributed by atoms with Crippen molar-refractivity contribution in [2.75, 3.05) is 11.9 Å². The number of alkyl halides is 1. The number of para-hydroxylation sites is 1. The molecule has 1 atom stereocenters. The number of benzene rings is 2. The van der Waals surface area contributed by atoms with Crippen molar-refractivity contribution in [1.29, 1.82) is 0 Å². The normalized spacial score (nSPS) is 14.7. The van der Waals surface area contributed by atoms with Gasteiger partial charge in [0, 0.05) is 17.8 Å². The highest BCUT2D eigenvalue weighted by atomic mass is 19.1. The van der Waals surface area contributed by atoms with Gasteiger partial charge >= 0.3 is 0 Å². The van der Waals surface area contributed by atoms with Gasteiger partial charge < -0.3 is 10.1 Å². The largest absolute Gasteiger partial charge is 0.491 e. The summed E-state index contributed by atoms with van der Waals surface area (Å²) in [6.45, 7) is 4.84. The summed E-state index contributed by atoms with van der Waals surface area (Å²) in [5.74, 6) is 0.775. The Balaban J connectivity index is 1.85. The minimum Gasteiger partial charge on any atom is -0.491 e. The SMILES string of the molecule is CC(C)Oc1ccc(C(F)c2cccc3c2NCC3)cc1. The van der Waals surface area contributed by atoms with E-state index in [4.69, 9.17) is 4.74 Å². The second-order valence-electron chi connectivity index (χ2n) is 5.66. The first-order valence-electron chi connectivity index (χ1n) is 7.41. The van der Waals surface area contributed by atoms with Crippen LogP contribution in [0, 0.1) is 0 Å². The van der Waals surface area contributed by atoms with E-state index in [0.29, 0.717) is 5.56 Å². The first kappa shape index (κ1) is 13.9. The molecule has 0 bridgehead atoms. The van der Waals surface area contributed by atoms with Crippen LogP contribution in [0.25, 0.3) is 0 Å². The van der Waals surface area contributed by atoms with E-state index in [1.165, 1.54) is 5.56 Å². The second kappa shape index (κ2) is 5.76. The Morgan fingerprint density at radius 3 is 2.57 bits per heavy atom. The molecule has 1 heterocycles. The molecule has 0 saturated carbocycles. The van der Waals surface area contributed by atoms with Gasteiger partial charge in [-0.1, -0.05) is 30.3 Å². The van der Waals surface area contributed by atoms with Crippen LogP contribution in [0.4, 0.5) is 10.1 Å². The van der Waals surface area contributed by atoms with E-state index in [9.17, 15) is 4.39 Å². The molecule has 3 heteroatoms. The van der Waals surface area contributed by atoms with Gasteiger partial charge in [0.15, 0.2) is 6.17 Å². The van der Waals surface area contributed by atoms with Crippen molar-refractivity contribution >= 4 is 5.69 Å². The molecule has 0 amide bonds. The first-order chi connectivity index (χ1) is 10.1. The first-order valence-corrected chi connectivity index (χ1v) is 7.41. The standard InChI is InChI=1S/C18H20FNO/c1-12(2)21-15-8-6-13(7-9-15)17(19)16-5-3-4-14-10-11-20-18(14)16/h3-9,12,17,20H,10-11H2,1-2H3. The average molecular weight is 285 g/mol. The van der Waals surface area contributed by atoms with Crippen LogP contribution in [-0.4, -0.2) is 12.6 Å². The van der Waals surface area contributed by atoms with Crippen LogP contribution in [0.5, 0.6) is 5.75 Å². The Morgan fingerprint density at radius 1 is 1.10 bits per heavy atom. The third-order valence-electron chi connectivity index (χ3n) is 3.70. The van der Waals surface area contributed by atoms with Crippen LogP contribution in [0.1, 0.15) is 36.7 Å². The maximum absolute atomic E-state index is 14.8. The Bertz CT molecular complexity index is 622. The Hall–Kier alpha value is -2.03. The summed E-state index contributed by atoms with van der Waals surface area (Å²) < 4.78 is 20.4. The number of hydrogen-bond acceptors (Lipinski definition) is 2. The fourth-order valence-corrected chi connectivity index (χ4v) is 2.74. The Kier molecular flexibility index (Phi) is 3.82. The van der Waals surface area contributed by atoms with Crippen molar-refractivity contribution in [3.05, 3.63) is 59.2 Å². The molecule has 1 unspecified atom stereocenters. The highest BCUT2D eigenvalue weighted by Crippen LogP contribution is 2.36. The maximum Gasteiger partial charge on any atom is 0.152 e. The fourth-order valence-electron chi connectivity index (χ4n) is 2.74. The molecule has 1 aliphatic rings. The van der Waals surface area contributed by atoms with E-state index in [1.807, 2.05) is 38.1 Å². The highest BCUT2D eigenvalue weighted by Gasteiger charge is 2.21. The highest BCUT2D eigenvalue weighted by molar-refractivity contribution is 5.63. The van der Waals surface area contributed by atoms with Crippen molar-refractivity contribution in [3.63, 3.8) is 0 Å². The predicted octanol–water partition coefficient (Wildman–Crippen LogP) is 4.50. The maximum atomic E-state index is 14.8. The molecular weight excluding hydrogens is 265 g/mol. The molecule has 3 rings (SSSR count). The van der Waals surface area contributed by atoms with Gasteiger partial charge in [0.05, 0.1) is 6.10 Å². The average Bonchev–Trinajstić information content (AvgIpc) is 2.95. The lowest BCUT2D eigenvalue weighted by Crippen LogP contribution is -2.05. The predicted molar refractivity (Wildman–Crippen MR) is 83.8 cm³/mol. The lowest BCUT2D eigenvalue weighted by molar-refractivity contribution is 0.242. The van der Waals surface area contributed by atoms with Crippen molar-refractivity contribution in [2.45, 2.75) is 32.5 Å². The molecule has 0 radical (unpaired) electrons. The molecular formula is C18H20FNO. The van der Waals surface area contributed by atoms with Gasteiger partial charge in [-0.05, 0) is 43.5 Å². The number of rotatable bonds is 4. The molecule has 0 aliphatic carbocycles. The van der Waals surface area contributed by atoms with Crippen LogP contribution in [0.3, 0.4) is 0 Å². The molecule has 21 heavy (non-hydrogen) atoms. The van der Waals surface area contributed by atoms with E-state index in [1.54, 1.807) is 12.1 Å². The monoisotopic (exact) mass is 285 g/mol. The van der Waals surface area contributed by atoms with E-state index in [2.05, 4.69) is 11.4 Å². The molecule has 2 aromatic carbocycles. The molecule has 0 spiro atoms. The van der Waals surface area contributed by atoms with Crippen LogP contribution < -0.4 is 10.1 Å². The topological polar surface area (TPSA) is 21.3 Å². The van der Waals surface area contributed by atoms with Crippen molar-refractivity contribution in [2.24, 2.45) is 0 Å². The van der Waals surface area contributed by atoms with E-state index in [-0.39, 0.29) is 6.10 Å². The molecule has 1 N–H and O–H groups in total. The van der Waals surface area contributed by atoms with E-state index >= 15 is 0 Å². The van der Waals surface area contributed by atoms with Crippen LogP contribution in [0.2, 0.25) is 0 Å². The fraction of sp³-hybridized carbons (Fsp3) is 0.333. The Labute approximate surface area is 125 Å². The lowest BCUT2D eigenvalue weighted by Gasteiger charge is -2.15. The van der Waals surface area contributed by atoms with Gasteiger partial charge in [-0.2, -0.15) is 0 Å². The number of nitrogens with one attached hydrogen (secondary N) is 1. The van der Waals surface area contributed by atoms with Gasteiger partial charge in [-0.15, -0.1) is 0 Å². The zero-order chi connectivity index (χ0) is 14.8. The summed E-state index contributed by atoms with van der Waals surface area (Å²) in [5, 5.41) is 3.29.